The molecule has 1 unspecified atom stereocenters. The van der Waals surface area contributed by atoms with E-state index >= 15 is 0 Å². The van der Waals surface area contributed by atoms with Crippen molar-refractivity contribution < 1.29 is 13.9 Å². The lowest BCUT2D eigenvalue weighted by atomic mass is 10.2. The lowest BCUT2D eigenvalue weighted by Gasteiger charge is -2.18. The second-order valence-electron chi connectivity index (χ2n) is 4.32. The molecule has 1 aromatic carbocycles. The average molecular weight is 393 g/mol. The van der Waals surface area contributed by atoms with Gasteiger partial charge in [-0.3, -0.25) is 4.79 Å². The van der Waals surface area contributed by atoms with Gasteiger partial charge in [0.25, 0.3) is 0 Å². The third-order valence-electron chi connectivity index (χ3n) is 2.59. The minimum atomic E-state index is -0.364. The second kappa shape index (κ2) is 7.20. The van der Waals surface area contributed by atoms with Crippen LogP contribution in [0, 0.1) is 0 Å². The molecule has 0 radical (unpaired) electrons. The normalized spacial score (nSPS) is 12.0. The van der Waals surface area contributed by atoms with Gasteiger partial charge in [0, 0.05) is 22.7 Å². The summed E-state index contributed by atoms with van der Waals surface area (Å²) in [6.45, 7) is 1.48. The molecule has 2 rings (SSSR count). The molecule has 0 bridgehead atoms. The van der Waals surface area contributed by atoms with Crippen LogP contribution in [0.5, 0.6) is 0 Å². The first-order chi connectivity index (χ1) is 9.94. The molecule has 1 atom stereocenters. The van der Waals surface area contributed by atoms with Crippen LogP contribution in [0.15, 0.2) is 39.4 Å². The number of benzene rings is 1. The Morgan fingerprint density at radius 1 is 1.33 bits per heavy atom. The molecule has 1 aromatic heterocycles. The fourth-order valence-electron chi connectivity index (χ4n) is 1.74. The monoisotopic (exact) mass is 391 g/mol. The number of hydrogen-bond donors (Lipinski definition) is 1. The third kappa shape index (κ3) is 4.95. The van der Waals surface area contributed by atoms with Gasteiger partial charge >= 0.3 is 5.97 Å². The predicted molar refractivity (Wildman–Crippen MR) is 85.9 cm³/mol. The highest BCUT2D eigenvalue weighted by Gasteiger charge is 2.17. The zero-order valence-corrected chi connectivity index (χ0v) is 14.1. The first-order valence-electron chi connectivity index (χ1n) is 6.04. The number of halogens is 3. The second-order valence-corrected chi connectivity index (χ2v) is 6.11. The number of rotatable bonds is 5. The number of esters is 1. The smallest absolute Gasteiger partial charge is 0.302 e. The first kappa shape index (κ1) is 16.2. The van der Waals surface area contributed by atoms with Crippen LogP contribution in [0.4, 0.5) is 5.69 Å². The van der Waals surface area contributed by atoms with Crippen LogP contribution in [-0.2, 0) is 9.53 Å². The number of furan rings is 1. The van der Waals surface area contributed by atoms with Gasteiger partial charge in [-0.05, 0) is 40.2 Å². The predicted octanol–water partition coefficient (Wildman–Crippen LogP) is 5.07. The molecule has 112 valence electrons. The topological polar surface area (TPSA) is 51.5 Å². The maximum Gasteiger partial charge on any atom is 0.302 e. The van der Waals surface area contributed by atoms with Crippen molar-refractivity contribution in [2.24, 2.45) is 0 Å². The van der Waals surface area contributed by atoms with Gasteiger partial charge < -0.3 is 14.5 Å². The number of anilines is 1. The van der Waals surface area contributed by atoms with E-state index in [0.717, 1.165) is 4.47 Å². The lowest BCUT2D eigenvalue weighted by Crippen LogP contribution is -2.18. The zero-order chi connectivity index (χ0) is 15.4. The molecule has 21 heavy (non-hydrogen) atoms. The van der Waals surface area contributed by atoms with E-state index in [1.807, 2.05) is 0 Å². The van der Waals surface area contributed by atoms with E-state index in [2.05, 4.69) is 21.2 Å². The van der Waals surface area contributed by atoms with Crippen molar-refractivity contribution in [3.05, 3.63) is 50.8 Å². The van der Waals surface area contributed by atoms with Crippen molar-refractivity contribution >= 4 is 50.8 Å². The SMILES string of the molecule is CC(=O)OCC(Nc1cc(Cl)cc(Cl)c1)c1cc(Br)co1. The molecule has 7 heteroatoms. The van der Waals surface area contributed by atoms with Crippen molar-refractivity contribution in [1.82, 2.24) is 0 Å². The van der Waals surface area contributed by atoms with Crippen LogP contribution in [0.3, 0.4) is 0 Å². The van der Waals surface area contributed by atoms with Gasteiger partial charge in [0.05, 0.1) is 4.47 Å². The summed E-state index contributed by atoms with van der Waals surface area (Å²) in [6, 6.07) is 6.54. The van der Waals surface area contributed by atoms with E-state index in [1.54, 1.807) is 30.5 Å². The summed E-state index contributed by atoms with van der Waals surface area (Å²) in [4.78, 5) is 11.0. The molecular weight excluding hydrogens is 381 g/mol. The quantitative estimate of drug-likeness (QED) is 0.722. The van der Waals surface area contributed by atoms with Crippen LogP contribution in [-0.4, -0.2) is 12.6 Å². The molecule has 0 saturated heterocycles. The van der Waals surface area contributed by atoms with Crippen LogP contribution in [0.2, 0.25) is 10.0 Å². The summed E-state index contributed by atoms with van der Waals surface area (Å²) in [5.74, 6) is 0.260. The van der Waals surface area contributed by atoms with Crippen molar-refractivity contribution in [2.45, 2.75) is 13.0 Å². The number of carbonyl (C=O) groups excluding carboxylic acids is 1. The van der Waals surface area contributed by atoms with Gasteiger partial charge in [-0.2, -0.15) is 0 Å². The summed E-state index contributed by atoms with van der Waals surface area (Å²) < 4.78 is 11.3. The van der Waals surface area contributed by atoms with E-state index < -0.39 is 0 Å². The standard InChI is InChI=1S/C14H12BrCl2NO3/c1-8(19)20-7-13(14-2-9(15)6-21-14)18-12-4-10(16)3-11(17)5-12/h2-6,13,18H,7H2,1H3. The first-order valence-corrected chi connectivity index (χ1v) is 7.59. The van der Waals surface area contributed by atoms with Gasteiger partial charge in [-0.25, -0.2) is 0 Å². The Hall–Kier alpha value is -1.17. The van der Waals surface area contributed by atoms with Gasteiger partial charge in [0.1, 0.15) is 24.7 Å². The molecule has 1 N–H and O–H groups in total. The van der Waals surface area contributed by atoms with Crippen LogP contribution in [0.1, 0.15) is 18.7 Å². The Kier molecular flexibility index (Phi) is 5.56. The molecule has 0 saturated carbocycles. The zero-order valence-electron chi connectivity index (χ0n) is 11.0. The Labute approximate surface area is 140 Å². The van der Waals surface area contributed by atoms with E-state index in [4.69, 9.17) is 32.4 Å². The van der Waals surface area contributed by atoms with Crippen molar-refractivity contribution in [3.8, 4) is 0 Å². The molecule has 0 aliphatic heterocycles. The van der Waals surface area contributed by atoms with Crippen LogP contribution >= 0.6 is 39.1 Å². The summed E-state index contributed by atoms with van der Waals surface area (Å²) in [5, 5.41) is 4.21. The van der Waals surface area contributed by atoms with Gasteiger partial charge in [-0.1, -0.05) is 23.2 Å². The van der Waals surface area contributed by atoms with Crippen molar-refractivity contribution in [2.75, 3.05) is 11.9 Å². The van der Waals surface area contributed by atoms with Gasteiger partial charge in [0.15, 0.2) is 0 Å². The molecule has 0 aliphatic rings. The van der Waals surface area contributed by atoms with Gasteiger partial charge in [0.2, 0.25) is 0 Å². The average Bonchev–Trinajstić information content (AvgIpc) is 2.79. The Morgan fingerprint density at radius 2 is 2.00 bits per heavy atom. The highest BCUT2D eigenvalue weighted by Crippen LogP contribution is 2.28. The Morgan fingerprint density at radius 3 is 2.52 bits per heavy atom. The summed E-state index contributed by atoms with van der Waals surface area (Å²) in [7, 11) is 0. The van der Waals surface area contributed by atoms with Crippen molar-refractivity contribution in [1.29, 1.82) is 0 Å². The minimum Gasteiger partial charge on any atom is -0.466 e. The highest BCUT2D eigenvalue weighted by molar-refractivity contribution is 9.10. The third-order valence-corrected chi connectivity index (χ3v) is 3.44. The maximum atomic E-state index is 11.0. The summed E-state index contributed by atoms with van der Waals surface area (Å²) in [6.07, 6.45) is 1.56. The van der Waals surface area contributed by atoms with E-state index in [9.17, 15) is 4.79 Å². The van der Waals surface area contributed by atoms with Crippen LogP contribution < -0.4 is 5.32 Å². The Bertz CT molecular complexity index is 625. The van der Waals surface area contributed by atoms with Crippen molar-refractivity contribution in [3.63, 3.8) is 0 Å². The molecule has 0 aliphatic carbocycles. The minimum absolute atomic E-state index is 0.124. The van der Waals surface area contributed by atoms with E-state index in [1.165, 1.54) is 6.92 Å². The number of hydrogen-bond acceptors (Lipinski definition) is 4. The summed E-state index contributed by atoms with van der Waals surface area (Å²) in [5.41, 5.74) is 0.706. The lowest BCUT2D eigenvalue weighted by molar-refractivity contribution is -0.141. The molecule has 0 amide bonds. The molecule has 2 aromatic rings. The maximum absolute atomic E-state index is 11.0. The van der Waals surface area contributed by atoms with E-state index in [-0.39, 0.29) is 18.6 Å². The molecule has 0 spiro atoms. The molecule has 0 fully saturated rings. The fraction of sp³-hybridized carbons (Fsp3) is 0.214. The number of nitrogens with one attached hydrogen (secondary N) is 1. The van der Waals surface area contributed by atoms with Crippen LogP contribution in [0.25, 0.3) is 0 Å². The molecule has 4 nitrogen and oxygen atoms in total. The Balaban J connectivity index is 2.20. The molecular formula is C14H12BrCl2NO3. The summed E-state index contributed by atoms with van der Waals surface area (Å²) >= 11 is 15.3. The van der Waals surface area contributed by atoms with Gasteiger partial charge in [-0.15, -0.1) is 0 Å². The van der Waals surface area contributed by atoms with E-state index in [0.29, 0.717) is 21.5 Å². The highest BCUT2D eigenvalue weighted by atomic mass is 79.9. The number of ether oxygens (including phenoxy) is 1. The number of carbonyl (C=O) groups is 1. The fourth-order valence-corrected chi connectivity index (χ4v) is 2.59. The largest absolute Gasteiger partial charge is 0.466 e. The molecule has 1 heterocycles.